The van der Waals surface area contributed by atoms with E-state index in [-0.39, 0.29) is 81.0 Å². The molecular weight excluding hydrogens is 586 g/mol. The van der Waals surface area contributed by atoms with Gasteiger partial charge < -0.3 is 37.9 Å². The van der Waals surface area contributed by atoms with Crippen LogP contribution in [0.5, 0.6) is 40.2 Å². The van der Waals surface area contributed by atoms with Crippen LogP contribution in [0.4, 0.5) is 4.79 Å². The molecule has 0 bridgehead atoms. The molecule has 0 unspecified atom stereocenters. The van der Waals surface area contributed by atoms with Crippen LogP contribution < -0.4 is 38.5 Å². The number of benzene rings is 3. The first-order chi connectivity index (χ1) is 20.8. The maximum atomic E-state index is 14.0. The SMILES string of the molecule is COC(=O)c1cc(OC)c2c(c1-c1c(C(=O)Oc3ccccc3/C=C3/SC(=O)NC3=O)cc(OC)c3c1OCO3)OCO2. The molecule has 0 atom stereocenters. The average Bonchev–Trinajstić information content (AvgIpc) is 3.76. The fourth-order valence-electron chi connectivity index (χ4n) is 4.72. The van der Waals surface area contributed by atoms with Gasteiger partial charge in [-0.15, -0.1) is 0 Å². The van der Waals surface area contributed by atoms with Crippen molar-refractivity contribution in [3.8, 4) is 51.4 Å². The molecule has 0 aliphatic carbocycles. The number of ether oxygens (including phenoxy) is 8. The molecule has 0 saturated carbocycles. The van der Waals surface area contributed by atoms with Crippen molar-refractivity contribution in [2.45, 2.75) is 0 Å². The number of para-hydroxylation sites is 1. The van der Waals surface area contributed by atoms with Gasteiger partial charge in [0.25, 0.3) is 11.1 Å². The van der Waals surface area contributed by atoms with Gasteiger partial charge in [0.15, 0.2) is 23.0 Å². The van der Waals surface area contributed by atoms with E-state index in [4.69, 9.17) is 37.9 Å². The zero-order chi connectivity index (χ0) is 30.2. The number of nitrogens with one attached hydrogen (secondary N) is 1. The fourth-order valence-corrected chi connectivity index (χ4v) is 5.39. The van der Waals surface area contributed by atoms with Crippen molar-refractivity contribution in [3.05, 3.63) is 58.0 Å². The van der Waals surface area contributed by atoms with Crippen LogP contribution in [0, 0.1) is 0 Å². The highest BCUT2D eigenvalue weighted by atomic mass is 32.2. The summed E-state index contributed by atoms with van der Waals surface area (Å²) in [5.74, 6) is -1.16. The predicted octanol–water partition coefficient (Wildman–Crippen LogP) is 4.16. The third-order valence-corrected chi connectivity index (χ3v) is 7.39. The summed E-state index contributed by atoms with van der Waals surface area (Å²) in [5, 5.41) is 1.67. The maximum Gasteiger partial charge on any atom is 0.344 e. The molecule has 3 aliphatic heterocycles. The predicted molar refractivity (Wildman–Crippen MR) is 149 cm³/mol. The highest BCUT2D eigenvalue weighted by Gasteiger charge is 2.38. The fraction of sp³-hybridized carbons (Fsp3) is 0.172. The molecule has 13 nitrogen and oxygen atoms in total. The van der Waals surface area contributed by atoms with Gasteiger partial charge in [0, 0.05) is 16.7 Å². The standard InChI is InChI=1S/C29H21NO12S/c1-35-17-9-14(27(32)37-3)20(24-22(17)38-11-40-24)21-15(10-18(36-2)23-25(21)41-12-39-23)28(33)42-16-7-5-4-6-13(16)8-19-26(31)30-29(34)43-19/h4-10H,11-12H2,1-3H3,(H,30,31,34)/b19-8+. The van der Waals surface area contributed by atoms with Crippen molar-refractivity contribution in [2.24, 2.45) is 0 Å². The molecule has 2 amide bonds. The number of hydrogen-bond donors (Lipinski definition) is 1. The van der Waals surface area contributed by atoms with Crippen molar-refractivity contribution < 1.29 is 57.1 Å². The smallest absolute Gasteiger partial charge is 0.344 e. The minimum absolute atomic E-state index is 0.0143. The molecule has 0 radical (unpaired) electrons. The summed E-state index contributed by atoms with van der Waals surface area (Å²) < 4.78 is 44.6. The van der Waals surface area contributed by atoms with Gasteiger partial charge in [-0.05, 0) is 36.0 Å². The van der Waals surface area contributed by atoms with Gasteiger partial charge in [0.1, 0.15) is 5.75 Å². The minimum atomic E-state index is -0.878. The van der Waals surface area contributed by atoms with Gasteiger partial charge in [0.2, 0.25) is 25.1 Å². The molecule has 220 valence electrons. The number of esters is 2. The molecule has 0 aromatic heterocycles. The molecule has 3 heterocycles. The quantitative estimate of drug-likeness (QED) is 0.232. The van der Waals surface area contributed by atoms with E-state index in [1.165, 1.54) is 45.6 Å². The Kier molecular flexibility index (Phi) is 7.19. The Morgan fingerprint density at radius 3 is 1.88 bits per heavy atom. The number of rotatable bonds is 7. The Balaban J connectivity index is 1.54. The highest BCUT2D eigenvalue weighted by Crippen LogP contribution is 2.56. The number of carbonyl (C=O) groups is 4. The van der Waals surface area contributed by atoms with E-state index in [0.717, 1.165) is 11.8 Å². The topological polar surface area (TPSA) is 154 Å². The second-order valence-electron chi connectivity index (χ2n) is 8.90. The van der Waals surface area contributed by atoms with Crippen LogP contribution in [0.25, 0.3) is 17.2 Å². The first kappa shape index (κ1) is 27.8. The Morgan fingerprint density at radius 1 is 0.791 bits per heavy atom. The van der Waals surface area contributed by atoms with Gasteiger partial charge in [-0.25, -0.2) is 9.59 Å². The highest BCUT2D eigenvalue weighted by molar-refractivity contribution is 8.18. The summed E-state index contributed by atoms with van der Waals surface area (Å²) in [6.07, 6.45) is 1.44. The summed E-state index contributed by atoms with van der Waals surface area (Å²) in [5.41, 5.74) is 0.466. The van der Waals surface area contributed by atoms with Crippen molar-refractivity contribution in [1.82, 2.24) is 5.32 Å². The van der Waals surface area contributed by atoms with E-state index in [2.05, 4.69) is 5.32 Å². The van der Waals surface area contributed by atoms with Crippen molar-refractivity contribution in [2.75, 3.05) is 34.9 Å². The second kappa shape index (κ2) is 11.1. The Morgan fingerprint density at radius 2 is 1.35 bits per heavy atom. The zero-order valence-electron chi connectivity index (χ0n) is 22.8. The number of imide groups is 1. The number of amides is 2. The van der Waals surface area contributed by atoms with Crippen LogP contribution >= 0.6 is 11.8 Å². The summed E-state index contributed by atoms with van der Waals surface area (Å²) >= 11 is 0.726. The molecule has 0 spiro atoms. The minimum Gasteiger partial charge on any atom is -0.493 e. The monoisotopic (exact) mass is 607 g/mol. The summed E-state index contributed by atoms with van der Waals surface area (Å²) in [7, 11) is 4.00. The van der Waals surface area contributed by atoms with E-state index in [1.807, 2.05) is 0 Å². The number of thioether (sulfide) groups is 1. The normalized spacial score (nSPS) is 15.4. The zero-order valence-corrected chi connectivity index (χ0v) is 23.6. The van der Waals surface area contributed by atoms with E-state index in [0.29, 0.717) is 5.56 Å². The number of fused-ring (bicyclic) bond motifs is 2. The van der Waals surface area contributed by atoms with Crippen molar-refractivity contribution in [1.29, 1.82) is 0 Å². The summed E-state index contributed by atoms with van der Waals surface area (Å²) in [4.78, 5) is 51.0. The summed E-state index contributed by atoms with van der Waals surface area (Å²) in [6.45, 7) is -0.385. The van der Waals surface area contributed by atoms with Crippen LogP contribution in [-0.4, -0.2) is 58.0 Å². The lowest BCUT2D eigenvalue weighted by Crippen LogP contribution is -2.17. The molecule has 3 aliphatic rings. The first-order valence-corrected chi connectivity index (χ1v) is 13.3. The van der Waals surface area contributed by atoms with Gasteiger partial charge in [-0.2, -0.15) is 0 Å². The largest absolute Gasteiger partial charge is 0.493 e. The summed E-state index contributed by atoms with van der Waals surface area (Å²) in [6, 6.07) is 9.25. The molecule has 43 heavy (non-hydrogen) atoms. The van der Waals surface area contributed by atoms with Crippen LogP contribution in [0.15, 0.2) is 41.3 Å². The molecule has 3 aromatic rings. The van der Waals surface area contributed by atoms with Crippen LogP contribution in [0.2, 0.25) is 0 Å². The van der Waals surface area contributed by atoms with Crippen LogP contribution in [0.1, 0.15) is 26.3 Å². The molecule has 1 N–H and O–H groups in total. The van der Waals surface area contributed by atoms with Gasteiger partial charge >= 0.3 is 11.9 Å². The lowest BCUT2D eigenvalue weighted by atomic mass is 9.91. The van der Waals surface area contributed by atoms with E-state index >= 15 is 0 Å². The third-order valence-electron chi connectivity index (χ3n) is 6.58. The van der Waals surface area contributed by atoms with Crippen molar-refractivity contribution in [3.63, 3.8) is 0 Å². The molecule has 1 saturated heterocycles. The lowest BCUT2D eigenvalue weighted by Gasteiger charge is -2.19. The van der Waals surface area contributed by atoms with E-state index in [1.54, 1.807) is 18.2 Å². The molecule has 1 fully saturated rings. The molecule has 3 aromatic carbocycles. The molecular formula is C29H21NO12S. The maximum absolute atomic E-state index is 14.0. The van der Waals surface area contributed by atoms with E-state index < -0.39 is 23.1 Å². The number of hydrogen-bond acceptors (Lipinski definition) is 13. The van der Waals surface area contributed by atoms with Crippen molar-refractivity contribution >= 4 is 40.9 Å². The Bertz CT molecular complexity index is 1750. The van der Waals surface area contributed by atoms with E-state index in [9.17, 15) is 19.2 Å². The van der Waals surface area contributed by atoms with Crippen LogP contribution in [0.3, 0.4) is 0 Å². The Hall–Kier alpha value is -5.37. The van der Waals surface area contributed by atoms with Gasteiger partial charge in [-0.3, -0.25) is 14.9 Å². The number of carbonyl (C=O) groups excluding carboxylic acids is 4. The lowest BCUT2D eigenvalue weighted by molar-refractivity contribution is -0.115. The molecule has 14 heteroatoms. The number of methoxy groups -OCH3 is 3. The first-order valence-electron chi connectivity index (χ1n) is 12.5. The van der Waals surface area contributed by atoms with Gasteiger partial charge in [-0.1, -0.05) is 18.2 Å². The second-order valence-corrected chi connectivity index (χ2v) is 9.92. The van der Waals surface area contributed by atoms with Gasteiger partial charge in [0.05, 0.1) is 37.4 Å². The molecule has 6 rings (SSSR count). The Labute approximate surface area is 247 Å². The average molecular weight is 608 g/mol. The third kappa shape index (κ3) is 4.80. The van der Waals surface area contributed by atoms with Crippen LogP contribution in [-0.2, 0) is 9.53 Å².